The van der Waals surface area contributed by atoms with Crippen molar-refractivity contribution in [1.82, 2.24) is 0 Å². The summed E-state index contributed by atoms with van der Waals surface area (Å²) in [5, 5.41) is 1.09. The molecular formula is C12H18O2P+. The molecule has 0 aliphatic carbocycles. The Morgan fingerprint density at radius 2 is 1.73 bits per heavy atom. The number of ether oxygens (including phenoxy) is 1. The van der Waals surface area contributed by atoms with E-state index in [0.29, 0.717) is 0 Å². The van der Waals surface area contributed by atoms with Crippen LogP contribution in [0.25, 0.3) is 0 Å². The lowest BCUT2D eigenvalue weighted by Gasteiger charge is -2.16. The fourth-order valence-electron chi connectivity index (χ4n) is 1.24. The Balaban J connectivity index is 2.88. The minimum absolute atomic E-state index is 0.0412. The second kappa shape index (κ2) is 4.76. The van der Waals surface area contributed by atoms with Gasteiger partial charge in [-0.2, -0.15) is 0 Å². The van der Waals surface area contributed by atoms with Gasteiger partial charge in [-0.05, 0) is 26.0 Å². The topological polar surface area (TPSA) is 26.3 Å². The zero-order valence-corrected chi connectivity index (χ0v) is 10.6. The van der Waals surface area contributed by atoms with Crippen molar-refractivity contribution < 1.29 is 9.53 Å². The van der Waals surface area contributed by atoms with Gasteiger partial charge < -0.3 is 4.74 Å². The van der Waals surface area contributed by atoms with Crippen molar-refractivity contribution in [2.24, 2.45) is 0 Å². The van der Waals surface area contributed by atoms with Gasteiger partial charge in [0.05, 0.1) is 19.4 Å². The highest BCUT2D eigenvalue weighted by molar-refractivity contribution is 7.95. The largest absolute Gasteiger partial charge is 0.455 e. The van der Waals surface area contributed by atoms with E-state index in [1.54, 1.807) is 0 Å². The zero-order valence-electron chi connectivity index (χ0n) is 9.73. The maximum absolute atomic E-state index is 11.9. The van der Waals surface area contributed by atoms with Crippen molar-refractivity contribution in [3.8, 4) is 0 Å². The molecule has 1 rings (SSSR count). The van der Waals surface area contributed by atoms with E-state index in [9.17, 15) is 4.79 Å². The van der Waals surface area contributed by atoms with Crippen LogP contribution in [0.3, 0.4) is 0 Å². The van der Waals surface area contributed by atoms with Gasteiger partial charge >= 0.3 is 5.71 Å². The molecule has 82 valence electrons. The van der Waals surface area contributed by atoms with Crippen LogP contribution in [-0.4, -0.2) is 25.1 Å². The highest BCUT2D eigenvalue weighted by Crippen LogP contribution is 2.51. The van der Waals surface area contributed by atoms with Crippen molar-refractivity contribution in [3.05, 3.63) is 30.3 Å². The Morgan fingerprint density at radius 1 is 1.20 bits per heavy atom. The maximum Gasteiger partial charge on any atom is 0.455 e. The molecule has 0 saturated heterocycles. The van der Waals surface area contributed by atoms with Gasteiger partial charge in [-0.15, -0.1) is 0 Å². The molecule has 0 heterocycles. The number of carbonyl (C=O) groups excluding carboxylic acids is 1. The van der Waals surface area contributed by atoms with Gasteiger partial charge in [0.15, 0.2) is 7.26 Å². The molecule has 0 aromatic heterocycles. The molecule has 1 aromatic carbocycles. The highest BCUT2D eigenvalue weighted by Gasteiger charge is 2.40. The zero-order chi connectivity index (χ0) is 11.5. The second-order valence-electron chi connectivity index (χ2n) is 4.22. The third-order valence-electron chi connectivity index (χ3n) is 2.19. The van der Waals surface area contributed by atoms with Crippen LogP contribution in [0.1, 0.15) is 13.8 Å². The summed E-state index contributed by atoms with van der Waals surface area (Å²) in [7, 11) is -1.80. The Hall–Kier alpha value is -0.880. The molecule has 0 amide bonds. The summed E-state index contributed by atoms with van der Waals surface area (Å²) in [5.74, 6) is 0. The summed E-state index contributed by atoms with van der Waals surface area (Å²) < 4.78 is 5.28. The first-order chi connectivity index (χ1) is 6.94. The first kappa shape index (κ1) is 12.2. The lowest BCUT2D eigenvalue weighted by Crippen LogP contribution is -2.20. The quantitative estimate of drug-likeness (QED) is 0.739. The number of benzene rings is 1. The Kier molecular flexibility index (Phi) is 3.87. The normalized spacial score (nSPS) is 11.5. The second-order valence-corrected chi connectivity index (χ2v) is 8.01. The minimum atomic E-state index is -1.80. The smallest absolute Gasteiger partial charge is 0.433 e. The SMILES string of the molecule is CC(C)OC(=O)[P+](C)(C)c1ccccc1. The van der Waals surface area contributed by atoms with Gasteiger partial charge in [-0.25, -0.2) is 4.79 Å². The minimum Gasteiger partial charge on any atom is -0.433 e. The van der Waals surface area contributed by atoms with Crippen molar-refractivity contribution >= 4 is 18.3 Å². The fourth-order valence-corrected chi connectivity index (χ4v) is 2.84. The van der Waals surface area contributed by atoms with Crippen LogP contribution in [0.5, 0.6) is 0 Å². The standard InChI is InChI=1S/C12H18O2P/c1-10(2)14-12(13)15(3,4)11-8-6-5-7-9-11/h5-10H,1-4H3/q+1. The van der Waals surface area contributed by atoms with Crippen molar-refractivity contribution in [1.29, 1.82) is 0 Å². The first-order valence-electron chi connectivity index (χ1n) is 5.05. The summed E-state index contributed by atoms with van der Waals surface area (Å²) in [6.45, 7) is 7.74. The number of hydrogen-bond donors (Lipinski definition) is 0. The van der Waals surface area contributed by atoms with E-state index in [1.807, 2.05) is 57.5 Å². The fraction of sp³-hybridized carbons (Fsp3) is 0.417. The molecule has 0 atom stereocenters. The van der Waals surface area contributed by atoms with Gasteiger partial charge in [0.1, 0.15) is 5.30 Å². The Morgan fingerprint density at radius 3 is 2.20 bits per heavy atom. The number of carbonyl (C=O) groups is 1. The van der Waals surface area contributed by atoms with E-state index in [2.05, 4.69) is 0 Å². The Labute approximate surface area is 92.0 Å². The summed E-state index contributed by atoms with van der Waals surface area (Å²) in [6.07, 6.45) is -0.0412. The lowest BCUT2D eigenvalue weighted by molar-refractivity contribution is 0.141. The first-order valence-corrected chi connectivity index (χ1v) is 7.73. The van der Waals surface area contributed by atoms with E-state index in [0.717, 1.165) is 5.30 Å². The van der Waals surface area contributed by atoms with Crippen LogP contribution in [-0.2, 0) is 4.74 Å². The van der Waals surface area contributed by atoms with Gasteiger partial charge in [-0.1, -0.05) is 18.2 Å². The summed E-state index contributed by atoms with van der Waals surface area (Å²) >= 11 is 0. The molecule has 15 heavy (non-hydrogen) atoms. The van der Waals surface area contributed by atoms with Crippen LogP contribution in [0, 0.1) is 0 Å². The van der Waals surface area contributed by atoms with Gasteiger partial charge in [0, 0.05) is 0 Å². The summed E-state index contributed by atoms with van der Waals surface area (Å²) in [5.41, 5.74) is -0.0660. The van der Waals surface area contributed by atoms with E-state index in [1.165, 1.54) is 0 Å². The molecule has 1 aromatic rings. The van der Waals surface area contributed by atoms with Crippen LogP contribution in [0.2, 0.25) is 0 Å². The average molecular weight is 225 g/mol. The molecule has 2 nitrogen and oxygen atoms in total. The van der Waals surface area contributed by atoms with Crippen LogP contribution in [0.15, 0.2) is 30.3 Å². The van der Waals surface area contributed by atoms with Gasteiger partial charge in [0.25, 0.3) is 0 Å². The predicted octanol–water partition coefficient (Wildman–Crippen LogP) is 3.13. The summed E-state index contributed by atoms with van der Waals surface area (Å²) in [6, 6.07) is 9.86. The third-order valence-corrected chi connectivity index (χ3v) is 4.80. The molecule has 0 saturated carbocycles. The van der Waals surface area contributed by atoms with Crippen molar-refractivity contribution in [3.63, 3.8) is 0 Å². The van der Waals surface area contributed by atoms with Crippen LogP contribution in [0.4, 0.5) is 4.79 Å². The van der Waals surface area contributed by atoms with Crippen LogP contribution >= 0.6 is 7.26 Å². The van der Waals surface area contributed by atoms with E-state index >= 15 is 0 Å². The molecular weight excluding hydrogens is 207 g/mol. The van der Waals surface area contributed by atoms with E-state index in [-0.39, 0.29) is 11.8 Å². The molecule has 0 bridgehead atoms. The molecule has 0 fully saturated rings. The molecule has 0 aliphatic heterocycles. The predicted molar refractivity (Wildman–Crippen MR) is 66.5 cm³/mol. The highest BCUT2D eigenvalue weighted by atomic mass is 31.2. The van der Waals surface area contributed by atoms with Gasteiger partial charge in [-0.3, -0.25) is 0 Å². The molecule has 0 unspecified atom stereocenters. The Bertz CT molecular complexity index is 331. The van der Waals surface area contributed by atoms with Crippen molar-refractivity contribution in [2.45, 2.75) is 20.0 Å². The molecule has 0 spiro atoms. The molecule has 0 aliphatic rings. The van der Waals surface area contributed by atoms with Crippen LogP contribution < -0.4 is 5.30 Å². The monoisotopic (exact) mass is 225 g/mol. The third kappa shape index (κ3) is 3.04. The molecule has 0 radical (unpaired) electrons. The van der Waals surface area contributed by atoms with Crippen molar-refractivity contribution in [2.75, 3.05) is 13.3 Å². The molecule has 3 heteroatoms. The molecule has 0 N–H and O–H groups in total. The van der Waals surface area contributed by atoms with E-state index in [4.69, 9.17) is 4.74 Å². The average Bonchev–Trinajstić information content (AvgIpc) is 2.18. The number of rotatable bonds is 3. The number of hydrogen-bond acceptors (Lipinski definition) is 2. The summed E-state index contributed by atoms with van der Waals surface area (Å²) in [4.78, 5) is 11.9. The lowest BCUT2D eigenvalue weighted by atomic mass is 10.4. The maximum atomic E-state index is 11.9. The van der Waals surface area contributed by atoms with Gasteiger partial charge in [0.2, 0.25) is 0 Å². The van der Waals surface area contributed by atoms with E-state index < -0.39 is 7.26 Å².